The largest absolute Gasteiger partial charge is 0.477 e. The maximum absolute atomic E-state index is 10.7. The lowest BCUT2D eigenvalue weighted by Gasteiger charge is -2.22. The average Bonchev–Trinajstić information content (AvgIpc) is 2.59. The minimum atomic E-state index is -0.887. The molecule has 1 aromatic heterocycles. The molecule has 1 aromatic rings. The van der Waals surface area contributed by atoms with Crippen molar-refractivity contribution in [3.8, 4) is 0 Å². The van der Waals surface area contributed by atoms with E-state index < -0.39 is 5.97 Å². The molecule has 0 aliphatic carbocycles. The molecule has 0 bridgehead atoms. The van der Waals surface area contributed by atoms with Gasteiger partial charge in [-0.15, -0.1) is 11.3 Å². The van der Waals surface area contributed by atoms with Crippen molar-refractivity contribution in [2.45, 2.75) is 13.0 Å². The number of hydrogen-bond acceptors (Lipinski definition) is 3. The van der Waals surface area contributed by atoms with Crippen LogP contribution in [0.1, 0.15) is 20.1 Å². The lowest BCUT2D eigenvalue weighted by molar-refractivity contribution is -0.118. The van der Waals surface area contributed by atoms with Gasteiger partial charge in [0.05, 0.1) is 0 Å². The number of amides is 1. The van der Waals surface area contributed by atoms with Crippen LogP contribution in [0, 0.1) is 0 Å². The monoisotopic (exact) mass is 211 g/mol. The Bertz CT molecular complexity index is 385. The highest BCUT2D eigenvalue weighted by molar-refractivity contribution is 7.14. The van der Waals surface area contributed by atoms with Crippen LogP contribution in [-0.2, 0) is 17.8 Å². The van der Waals surface area contributed by atoms with Crippen LogP contribution in [0.3, 0.4) is 0 Å². The highest BCUT2D eigenvalue weighted by atomic mass is 32.1. The fourth-order valence-electron chi connectivity index (χ4n) is 1.55. The number of rotatable bonds is 2. The van der Waals surface area contributed by atoms with E-state index in [9.17, 15) is 9.59 Å². The number of carboxylic acid groups (broad SMARTS) is 1. The summed E-state index contributed by atoms with van der Waals surface area (Å²) in [5, 5.41) is 8.78. The predicted octanol–water partition coefficient (Wildman–Crippen LogP) is 0.961. The molecule has 0 saturated carbocycles. The summed E-state index contributed by atoms with van der Waals surface area (Å²) < 4.78 is 0. The second-order valence-electron chi connectivity index (χ2n) is 3.19. The molecule has 0 aromatic carbocycles. The van der Waals surface area contributed by atoms with Crippen molar-refractivity contribution >= 4 is 23.7 Å². The van der Waals surface area contributed by atoms with Crippen molar-refractivity contribution in [1.82, 2.24) is 4.90 Å². The molecule has 0 unspecified atom stereocenters. The van der Waals surface area contributed by atoms with Crippen LogP contribution in [0.25, 0.3) is 0 Å². The van der Waals surface area contributed by atoms with Crippen molar-refractivity contribution in [2.24, 2.45) is 0 Å². The van der Waals surface area contributed by atoms with E-state index in [2.05, 4.69) is 0 Å². The highest BCUT2D eigenvalue weighted by Gasteiger charge is 2.19. The Morgan fingerprint density at radius 3 is 3.07 bits per heavy atom. The first-order chi connectivity index (χ1) is 6.70. The average molecular weight is 211 g/mol. The van der Waals surface area contributed by atoms with E-state index in [1.54, 1.807) is 11.0 Å². The molecule has 1 N–H and O–H groups in total. The molecule has 2 heterocycles. The summed E-state index contributed by atoms with van der Waals surface area (Å²) in [5.41, 5.74) is 0.978. The van der Waals surface area contributed by atoms with Crippen molar-refractivity contribution < 1.29 is 14.7 Å². The normalized spacial score (nSPS) is 15.0. The van der Waals surface area contributed by atoms with Gasteiger partial charge in [-0.05, 0) is 18.1 Å². The van der Waals surface area contributed by atoms with E-state index in [-0.39, 0.29) is 0 Å². The Balaban J connectivity index is 2.29. The minimum absolute atomic E-state index is 0.364. The van der Waals surface area contributed by atoms with E-state index in [0.29, 0.717) is 18.0 Å². The molecule has 4 nitrogen and oxygen atoms in total. The third-order valence-corrected chi connectivity index (χ3v) is 3.48. The van der Waals surface area contributed by atoms with Gasteiger partial charge in [0, 0.05) is 18.0 Å². The SMILES string of the molecule is O=CN1CCc2sc(C(=O)O)cc2C1. The van der Waals surface area contributed by atoms with Crippen LogP contribution < -0.4 is 0 Å². The Hall–Kier alpha value is -1.36. The molecule has 0 atom stereocenters. The maximum atomic E-state index is 10.7. The smallest absolute Gasteiger partial charge is 0.345 e. The third kappa shape index (κ3) is 1.50. The highest BCUT2D eigenvalue weighted by Crippen LogP contribution is 2.27. The number of carbonyl (C=O) groups is 2. The van der Waals surface area contributed by atoms with Crippen LogP contribution in [0.15, 0.2) is 6.07 Å². The van der Waals surface area contributed by atoms with Crippen LogP contribution in [-0.4, -0.2) is 28.9 Å². The van der Waals surface area contributed by atoms with E-state index in [4.69, 9.17) is 5.11 Å². The van der Waals surface area contributed by atoms with Crippen LogP contribution in [0.4, 0.5) is 0 Å². The molecule has 0 radical (unpaired) electrons. The lowest BCUT2D eigenvalue weighted by atomic mass is 10.1. The van der Waals surface area contributed by atoms with Gasteiger partial charge >= 0.3 is 5.97 Å². The van der Waals surface area contributed by atoms with Gasteiger partial charge in [0.15, 0.2) is 0 Å². The summed E-state index contributed by atoms with van der Waals surface area (Å²) >= 11 is 1.31. The molecular formula is C9H9NO3S. The van der Waals surface area contributed by atoms with E-state index in [1.807, 2.05) is 0 Å². The van der Waals surface area contributed by atoms with E-state index in [0.717, 1.165) is 23.3 Å². The molecule has 5 heteroatoms. The van der Waals surface area contributed by atoms with Gasteiger partial charge in [0.1, 0.15) is 4.88 Å². The number of fused-ring (bicyclic) bond motifs is 1. The Labute approximate surface area is 84.8 Å². The zero-order valence-corrected chi connectivity index (χ0v) is 8.21. The van der Waals surface area contributed by atoms with E-state index in [1.165, 1.54) is 11.3 Å². The number of hydrogen-bond donors (Lipinski definition) is 1. The van der Waals surface area contributed by atoms with Crippen molar-refractivity contribution in [3.63, 3.8) is 0 Å². The molecule has 1 amide bonds. The first-order valence-electron chi connectivity index (χ1n) is 4.25. The number of carbonyl (C=O) groups excluding carboxylic acids is 1. The molecule has 74 valence electrons. The summed E-state index contributed by atoms with van der Waals surface area (Å²) in [7, 11) is 0. The zero-order chi connectivity index (χ0) is 10.1. The van der Waals surface area contributed by atoms with Crippen LogP contribution in [0.2, 0.25) is 0 Å². The molecule has 0 saturated heterocycles. The molecular weight excluding hydrogens is 202 g/mol. The predicted molar refractivity (Wildman–Crippen MR) is 51.5 cm³/mol. The fraction of sp³-hybridized carbons (Fsp3) is 0.333. The first kappa shape index (κ1) is 9.21. The van der Waals surface area contributed by atoms with Gasteiger partial charge in [0.2, 0.25) is 6.41 Å². The topological polar surface area (TPSA) is 57.6 Å². The summed E-state index contributed by atoms with van der Waals surface area (Å²) in [4.78, 5) is 24.3. The number of aromatic carboxylic acids is 1. The lowest BCUT2D eigenvalue weighted by Crippen LogP contribution is -2.27. The van der Waals surface area contributed by atoms with Crippen LogP contribution >= 0.6 is 11.3 Å². The Kier molecular flexibility index (Phi) is 2.25. The summed E-state index contributed by atoms with van der Waals surface area (Å²) in [6, 6.07) is 1.66. The van der Waals surface area contributed by atoms with Gasteiger partial charge in [-0.1, -0.05) is 0 Å². The molecule has 2 rings (SSSR count). The fourth-order valence-corrected chi connectivity index (χ4v) is 2.55. The van der Waals surface area contributed by atoms with Gasteiger partial charge in [-0.2, -0.15) is 0 Å². The maximum Gasteiger partial charge on any atom is 0.345 e. The van der Waals surface area contributed by atoms with Crippen molar-refractivity contribution in [2.75, 3.05) is 6.54 Å². The minimum Gasteiger partial charge on any atom is -0.477 e. The molecule has 0 spiro atoms. The first-order valence-corrected chi connectivity index (χ1v) is 5.06. The molecule has 1 aliphatic heterocycles. The van der Waals surface area contributed by atoms with Crippen molar-refractivity contribution in [3.05, 3.63) is 21.4 Å². The van der Waals surface area contributed by atoms with Gasteiger partial charge in [-0.3, -0.25) is 4.79 Å². The summed E-state index contributed by atoms with van der Waals surface area (Å²) in [5.74, 6) is -0.887. The Morgan fingerprint density at radius 1 is 1.64 bits per heavy atom. The van der Waals surface area contributed by atoms with E-state index >= 15 is 0 Å². The Morgan fingerprint density at radius 2 is 2.43 bits per heavy atom. The summed E-state index contributed by atoms with van der Waals surface area (Å²) in [6.07, 6.45) is 1.58. The van der Waals surface area contributed by atoms with Crippen LogP contribution in [0.5, 0.6) is 0 Å². The molecule has 0 fully saturated rings. The molecule has 14 heavy (non-hydrogen) atoms. The number of carboxylic acids is 1. The second kappa shape index (κ2) is 3.42. The summed E-state index contributed by atoms with van der Waals surface area (Å²) in [6.45, 7) is 1.23. The third-order valence-electron chi connectivity index (χ3n) is 2.26. The second-order valence-corrected chi connectivity index (χ2v) is 4.33. The van der Waals surface area contributed by atoms with Gasteiger partial charge in [-0.25, -0.2) is 4.79 Å². The zero-order valence-electron chi connectivity index (χ0n) is 7.40. The number of thiophene rings is 1. The number of nitrogens with zero attached hydrogens (tertiary/aromatic N) is 1. The standard InChI is InChI=1S/C9H9NO3S/c11-5-10-2-1-7-6(4-10)3-8(14-7)9(12)13/h3,5H,1-2,4H2,(H,12,13). The van der Waals surface area contributed by atoms with Gasteiger partial charge in [0.25, 0.3) is 0 Å². The van der Waals surface area contributed by atoms with Crippen molar-refractivity contribution in [1.29, 1.82) is 0 Å². The quantitative estimate of drug-likeness (QED) is 0.741. The van der Waals surface area contributed by atoms with Gasteiger partial charge < -0.3 is 10.0 Å². The molecule has 1 aliphatic rings.